The van der Waals surface area contributed by atoms with E-state index in [1.807, 2.05) is 6.07 Å². The van der Waals surface area contributed by atoms with Crippen molar-refractivity contribution in [3.63, 3.8) is 0 Å². The largest absolute Gasteiger partial charge is 0.481 e. The summed E-state index contributed by atoms with van der Waals surface area (Å²) >= 11 is 0. The average Bonchev–Trinajstić information content (AvgIpc) is 2.48. The molecule has 6 N–H and O–H groups in total. The second-order valence-corrected chi connectivity index (χ2v) is 5.35. The highest BCUT2D eigenvalue weighted by molar-refractivity contribution is 5.91. The first-order chi connectivity index (χ1) is 10.4. The van der Waals surface area contributed by atoms with Crippen LogP contribution in [0.25, 0.3) is 0 Å². The Morgan fingerprint density at radius 3 is 2.25 bits per heavy atom. The molecule has 24 heavy (non-hydrogen) atoms. The first kappa shape index (κ1) is 21.4. The van der Waals surface area contributed by atoms with Crippen molar-refractivity contribution in [2.75, 3.05) is 6.54 Å². The van der Waals surface area contributed by atoms with Crippen LogP contribution in [0.3, 0.4) is 0 Å². The Hall–Kier alpha value is -2.65. The summed E-state index contributed by atoms with van der Waals surface area (Å²) in [6.45, 7) is 1.78. The number of carboxylic acid groups (broad SMARTS) is 2. The molecule has 1 amide bonds. The summed E-state index contributed by atoms with van der Waals surface area (Å²) in [4.78, 5) is 35.6. The molecule has 0 unspecified atom stereocenters. The van der Waals surface area contributed by atoms with E-state index in [0.717, 1.165) is 10.5 Å². The molecule has 0 aromatic heterocycles. The first-order valence-electron chi connectivity index (χ1n) is 6.81. The van der Waals surface area contributed by atoms with Crippen LogP contribution in [0.5, 0.6) is 0 Å². The second kappa shape index (κ2) is 8.27. The maximum atomic E-state index is 12.1. The fourth-order valence-corrected chi connectivity index (χ4v) is 2.68. The molecule has 1 aliphatic heterocycles. The molecule has 2 rings (SSSR count). The molecule has 1 aliphatic rings. The fraction of sp³-hybridized carbons (Fsp3) is 0.400. The number of carbonyl (C=O) groups is 3. The molecule has 1 aromatic rings. The standard InChI is InChI=1S/C15H17NO6.2H2O/c1-10-8-16(15(10,13(19)20)7-12(17)18)14(21)22-9-11-5-3-2-4-6-11;;/h2-6,10H,7-9H2,1H3,(H,17,18)(H,19,20);2*1H2/t10-,15+;;/m0../s1. The van der Waals surface area contributed by atoms with Gasteiger partial charge in [0.05, 0.1) is 6.42 Å². The number of likely N-dealkylation sites (tertiary alicyclic amines) is 1. The molecule has 1 aromatic carbocycles. The summed E-state index contributed by atoms with van der Waals surface area (Å²) in [5, 5.41) is 18.3. The highest BCUT2D eigenvalue weighted by atomic mass is 16.6. The van der Waals surface area contributed by atoms with Gasteiger partial charge < -0.3 is 25.9 Å². The number of rotatable bonds is 5. The lowest BCUT2D eigenvalue weighted by Gasteiger charge is -2.52. The topological polar surface area (TPSA) is 167 Å². The number of ether oxygens (including phenoxy) is 1. The van der Waals surface area contributed by atoms with Gasteiger partial charge in [-0.05, 0) is 5.56 Å². The number of carbonyl (C=O) groups excluding carboxylic acids is 1. The lowest BCUT2D eigenvalue weighted by atomic mass is 9.73. The van der Waals surface area contributed by atoms with Gasteiger partial charge in [-0.1, -0.05) is 37.3 Å². The zero-order chi connectivity index (χ0) is 16.3. The predicted octanol–water partition coefficient (Wildman–Crippen LogP) is -0.0764. The van der Waals surface area contributed by atoms with Crippen molar-refractivity contribution in [2.24, 2.45) is 5.92 Å². The van der Waals surface area contributed by atoms with Crippen molar-refractivity contribution in [3.8, 4) is 0 Å². The van der Waals surface area contributed by atoms with Crippen LogP contribution >= 0.6 is 0 Å². The van der Waals surface area contributed by atoms with Gasteiger partial charge in [0.1, 0.15) is 6.61 Å². The van der Waals surface area contributed by atoms with Crippen LogP contribution in [0.1, 0.15) is 18.9 Å². The third-order valence-electron chi connectivity index (χ3n) is 3.97. The van der Waals surface area contributed by atoms with Crippen molar-refractivity contribution >= 4 is 18.0 Å². The van der Waals surface area contributed by atoms with Gasteiger partial charge in [0.2, 0.25) is 0 Å². The van der Waals surface area contributed by atoms with Crippen LogP contribution in [0, 0.1) is 5.92 Å². The Morgan fingerprint density at radius 1 is 1.21 bits per heavy atom. The average molecular weight is 343 g/mol. The quantitative estimate of drug-likeness (QED) is 0.758. The molecule has 0 spiro atoms. The molecular weight excluding hydrogens is 322 g/mol. The summed E-state index contributed by atoms with van der Waals surface area (Å²) in [7, 11) is 0. The molecule has 0 radical (unpaired) electrons. The minimum Gasteiger partial charge on any atom is -0.481 e. The van der Waals surface area contributed by atoms with Crippen molar-refractivity contribution in [2.45, 2.75) is 25.5 Å². The third-order valence-corrected chi connectivity index (χ3v) is 3.97. The molecule has 9 heteroatoms. The van der Waals surface area contributed by atoms with E-state index in [1.165, 1.54) is 0 Å². The minimum absolute atomic E-state index is 0. The lowest BCUT2D eigenvalue weighted by molar-refractivity contribution is -0.174. The number of benzene rings is 1. The summed E-state index contributed by atoms with van der Waals surface area (Å²) in [5.74, 6) is -3.05. The van der Waals surface area contributed by atoms with E-state index in [-0.39, 0.29) is 24.1 Å². The molecule has 1 fully saturated rings. The molecule has 0 aliphatic carbocycles. The van der Waals surface area contributed by atoms with Gasteiger partial charge in [0.15, 0.2) is 5.54 Å². The van der Waals surface area contributed by atoms with Gasteiger partial charge >= 0.3 is 18.0 Å². The van der Waals surface area contributed by atoms with Crippen LogP contribution in [0.15, 0.2) is 30.3 Å². The molecule has 2 atom stereocenters. The molecule has 0 bridgehead atoms. The van der Waals surface area contributed by atoms with E-state index in [2.05, 4.69) is 0 Å². The summed E-state index contributed by atoms with van der Waals surface area (Å²) in [6.07, 6.45) is -1.46. The first-order valence-corrected chi connectivity index (χ1v) is 6.81. The molecule has 1 heterocycles. The van der Waals surface area contributed by atoms with Crippen molar-refractivity contribution < 1.29 is 40.3 Å². The van der Waals surface area contributed by atoms with E-state index in [0.29, 0.717) is 0 Å². The molecule has 9 nitrogen and oxygen atoms in total. The van der Waals surface area contributed by atoms with Crippen molar-refractivity contribution in [1.29, 1.82) is 0 Å². The summed E-state index contributed by atoms with van der Waals surface area (Å²) in [5.41, 5.74) is -0.969. The highest BCUT2D eigenvalue weighted by Crippen LogP contribution is 2.40. The van der Waals surface area contributed by atoms with Crippen LogP contribution in [-0.2, 0) is 20.9 Å². The van der Waals surface area contributed by atoms with E-state index >= 15 is 0 Å². The molecule has 0 saturated carbocycles. The van der Waals surface area contributed by atoms with Gasteiger partial charge in [-0.15, -0.1) is 0 Å². The van der Waals surface area contributed by atoms with Gasteiger partial charge in [0.25, 0.3) is 0 Å². The Labute approximate surface area is 138 Å². The van der Waals surface area contributed by atoms with Gasteiger partial charge in [-0.25, -0.2) is 9.59 Å². The van der Waals surface area contributed by atoms with Crippen LogP contribution in [0.4, 0.5) is 4.79 Å². The maximum Gasteiger partial charge on any atom is 0.411 e. The Bertz CT molecular complexity index is 590. The van der Waals surface area contributed by atoms with Crippen molar-refractivity contribution in [3.05, 3.63) is 35.9 Å². The molecule has 134 valence electrons. The number of aliphatic carboxylic acids is 2. The second-order valence-electron chi connectivity index (χ2n) is 5.35. The zero-order valence-corrected chi connectivity index (χ0v) is 13.1. The van der Waals surface area contributed by atoms with Crippen LogP contribution < -0.4 is 0 Å². The van der Waals surface area contributed by atoms with E-state index < -0.39 is 35.9 Å². The lowest BCUT2D eigenvalue weighted by Crippen LogP contribution is -2.72. The number of amides is 1. The number of carboxylic acids is 2. The van der Waals surface area contributed by atoms with Crippen molar-refractivity contribution in [1.82, 2.24) is 4.90 Å². The number of nitrogens with zero attached hydrogens (tertiary/aromatic N) is 1. The summed E-state index contributed by atoms with van der Waals surface area (Å²) in [6, 6.07) is 8.95. The number of hydrogen-bond donors (Lipinski definition) is 2. The Kier molecular flexibility index (Phi) is 7.36. The smallest absolute Gasteiger partial charge is 0.411 e. The van der Waals surface area contributed by atoms with Crippen LogP contribution in [-0.4, -0.2) is 56.2 Å². The number of hydrogen-bond acceptors (Lipinski definition) is 4. The maximum absolute atomic E-state index is 12.1. The Morgan fingerprint density at radius 2 is 1.79 bits per heavy atom. The van der Waals surface area contributed by atoms with E-state index in [4.69, 9.17) is 9.84 Å². The van der Waals surface area contributed by atoms with E-state index in [1.54, 1.807) is 31.2 Å². The fourth-order valence-electron chi connectivity index (χ4n) is 2.68. The third kappa shape index (κ3) is 3.81. The predicted molar refractivity (Wildman–Crippen MR) is 82.3 cm³/mol. The highest BCUT2D eigenvalue weighted by Gasteiger charge is 2.61. The van der Waals surface area contributed by atoms with Gasteiger partial charge in [-0.2, -0.15) is 0 Å². The van der Waals surface area contributed by atoms with E-state index in [9.17, 15) is 19.5 Å². The van der Waals surface area contributed by atoms with Gasteiger partial charge in [-0.3, -0.25) is 9.69 Å². The zero-order valence-electron chi connectivity index (χ0n) is 13.1. The monoisotopic (exact) mass is 343 g/mol. The van der Waals surface area contributed by atoms with Crippen LogP contribution in [0.2, 0.25) is 0 Å². The van der Waals surface area contributed by atoms with Gasteiger partial charge in [0, 0.05) is 12.5 Å². The SMILES string of the molecule is C[C@H]1CN(C(=O)OCc2ccccc2)[C@@]1(CC(=O)O)C(=O)O.O.O. The Balaban J connectivity index is 0.00000264. The minimum atomic E-state index is -1.74. The molecule has 1 saturated heterocycles. The normalized spacial score (nSPS) is 21.5. The molecular formula is C15H21NO8. The summed E-state index contributed by atoms with van der Waals surface area (Å²) < 4.78 is 5.10.